The zero-order chi connectivity index (χ0) is 5.82. The summed E-state index contributed by atoms with van der Waals surface area (Å²) >= 11 is 0. The molecule has 0 saturated carbocycles. The summed E-state index contributed by atoms with van der Waals surface area (Å²) < 4.78 is 0. The molecule has 0 aliphatic carbocycles. The normalized spacial score (nSPS) is 17.9. The number of aliphatic hydroxyl groups is 1. The lowest BCUT2D eigenvalue weighted by atomic mass is 10.2. The predicted octanol–water partition coefficient (Wildman–Crippen LogP) is 0.214. The van der Waals surface area contributed by atoms with Gasteiger partial charge in [-0.05, 0) is 6.42 Å². The number of hydrogen-bond donors (Lipinski definition) is 1. The maximum Gasteiger partial charge on any atom is 0.131 e. The third kappa shape index (κ3) is 1.21. The van der Waals surface area contributed by atoms with E-state index in [4.69, 9.17) is 5.11 Å². The van der Waals surface area contributed by atoms with Gasteiger partial charge in [0, 0.05) is 12.2 Å². The Labute approximate surface area is 47.5 Å². The van der Waals surface area contributed by atoms with Gasteiger partial charge in [0.2, 0.25) is 0 Å². The summed E-state index contributed by atoms with van der Waals surface area (Å²) in [5.74, 6) is 0. The molecule has 0 aromatic carbocycles. The lowest BCUT2D eigenvalue weighted by molar-refractivity contribution is -0.221. The Balaban J connectivity index is 2.23. The third-order valence-electron chi connectivity index (χ3n) is 0.960. The summed E-state index contributed by atoms with van der Waals surface area (Å²) in [5.41, 5.74) is 1.01. The van der Waals surface area contributed by atoms with Gasteiger partial charge < -0.3 is 9.99 Å². The van der Waals surface area contributed by atoms with E-state index in [1.807, 2.05) is 0 Å². The molecule has 0 saturated heterocycles. The summed E-state index contributed by atoms with van der Waals surface area (Å²) in [4.78, 5) is 8.94. The fourth-order valence-electron chi connectivity index (χ4n) is 0.520. The zero-order valence-electron chi connectivity index (χ0n) is 4.46. The fraction of sp³-hybridized carbons (Fsp3) is 0.600. The molecule has 0 spiro atoms. The van der Waals surface area contributed by atoms with Gasteiger partial charge in [-0.15, -0.1) is 0 Å². The van der Waals surface area contributed by atoms with Crippen molar-refractivity contribution in [2.24, 2.45) is 0 Å². The van der Waals surface area contributed by atoms with Crippen LogP contribution in [0.1, 0.15) is 6.42 Å². The second-order valence-electron chi connectivity index (χ2n) is 1.61. The first kappa shape index (κ1) is 5.59. The summed E-state index contributed by atoms with van der Waals surface area (Å²) in [6.07, 6.45) is 2.18. The highest BCUT2D eigenvalue weighted by atomic mass is 17.2. The minimum absolute atomic E-state index is 0.165. The fourth-order valence-corrected chi connectivity index (χ4v) is 0.520. The maximum absolute atomic E-state index is 8.37. The Morgan fingerprint density at radius 3 is 3.12 bits per heavy atom. The highest BCUT2D eigenvalue weighted by Gasteiger charge is 2.04. The van der Waals surface area contributed by atoms with Crippen molar-refractivity contribution in [2.45, 2.75) is 6.42 Å². The quantitative estimate of drug-likeness (QED) is 0.524. The average Bonchev–Trinajstić information content (AvgIpc) is 2.19. The van der Waals surface area contributed by atoms with Gasteiger partial charge in [0.1, 0.15) is 12.9 Å². The van der Waals surface area contributed by atoms with Gasteiger partial charge in [0.25, 0.3) is 0 Å². The monoisotopic (exact) mass is 116 g/mol. The molecule has 0 radical (unpaired) electrons. The lowest BCUT2D eigenvalue weighted by Crippen LogP contribution is -1.90. The molecule has 0 unspecified atom stereocenters. The van der Waals surface area contributed by atoms with E-state index >= 15 is 0 Å². The lowest BCUT2D eigenvalue weighted by Gasteiger charge is -1.89. The molecule has 1 rings (SSSR count). The molecule has 46 valence electrons. The van der Waals surface area contributed by atoms with Crippen LogP contribution in [0.5, 0.6) is 0 Å². The molecule has 1 N–H and O–H groups in total. The summed E-state index contributed by atoms with van der Waals surface area (Å²) in [6.45, 7) is 0.666. The van der Waals surface area contributed by atoms with Gasteiger partial charge in [-0.25, -0.2) is 0 Å². The number of hydrogen-bond acceptors (Lipinski definition) is 3. The Kier molecular flexibility index (Phi) is 1.88. The Morgan fingerprint density at radius 1 is 1.75 bits per heavy atom. The van der Waals surface area contributed by atoms with E-state index in [2.05, 4.69) is 9.78 Å². The first-order chi connectivity index (χ1) is 3.93. The predicted molar refractivity (Wildman–Crippen MR) is 26.8 cm³/mol. The van der Waals surface area contributed by atoms with Crippen molar-refractivity contribution < 1.29 is 14.9 Å². The van der Waals surface area contributed by atoms with Gasteiger partial charge in [-0.1, -0.05) is 0 Å². The maximum atomic E-state index is 8.37. The minimum Gasteiger partial charge on any atom is -0.396 e. The Hall–Kier alpha value is -0.540. The zero-order valence-corrected chi connectivity index (χ0v) is 4.46. The smallest absolute Gasteiger partial charge is 0.131 e. The van der Waals surface area contributed by atoms with E-state index in [0.29, 0.717) is 13.0 Å². The average molecular weight is 116 g/mol. The number of aliphatic hydroxyl groups excluding tert-OH is 1. The highest BCUT2D eigenvalue weighted by molar-refractivity contribution is 4.99. The molecule has 0 amide bonds. The van der Waals surface area contributed by atoms with Crippen molar-refractivity contribution >= 4 is 0 Å². The second-order valence-corrected chi connectivity index (χ2v) is 1.61. The first-order valence-electron chi connectivity index (χ1n) is 2.50. The molecule has 3 nitrogen and oxygen atoms in total. The molecule has 1 heterocycles. The largest absolute Gasteiger partial charge is 0.396 e. The second kappa shape index (κ2) is 2.69. The van der Waals surface area contributed by atoms with Crippen molar-refractivity contribution in [3.8, 4) is 0 Å². The van der Waals surface area contributed by atoms with Crippen LogP contribution in [0, 0.1) is 0 Å². The Bertz CT molecular complexity index is 97.8. The van der Waals surface area contributed by atoms with E-state index in [0.717, 1.165) is 5.57 Å². The van der Waals surface area contributed by atoms with E-state index in [1.54, 1.807) is 0 Å². The van der Waals surface area contributed by atoms with Gasteiger partial charge in [-0.3, -0.25) is 0 Å². The molecule has 0 fully saturated rings. The van der Waals surface area contributed by atoms with Crippen molar-refractivity contribution in [3.05, 3.63) is 11.8 Å². The third-order valence-corrected chi connectivity index (χ3v) is 0.960. The molecule has 0 aromatic heterocycles. The first-order valence-corrected chi connectivity index (χ1v) is 2.50. The van der Waals surface area contributed by atoms with Gasteiger partial charge >= 0.3 is 0 Å². The van der Waals surface area contributed by atoms with Crippen LogP contribution in [0.2, 0.25) is 0 Å². The summed E-state index contributed by atoms with van der Waals surface area (Å²) in [5, 5.41) is 8.37. The van der Waals surface area contributed by atoms with Crippen LogP contribution in [0.25, 0.3) is 0 Å². The SMILES string of the molecule is OCCC1=COOC1. The summed E-state index contributed by atoms with van der Waals surface area (Å²) in [6, 6.07) is 0. The van der Waals surface area contributed by atoms with Crippen LogP contribution in [0.4, 0.5) is 0 Å². The van der Waals surface area contributed by atoms with Crippen molar-refractivity contribution in [2.75, 3.05) is 13.2 Å². The van der Waals surface area contributed by atoms with Crippen LogP contribution in [-0.4, -0.2) is 18.3 Å². The van der Waals surface area contributed by atoms with Gasteiger partial charge in [0.05, 0.1) is 0 Å². The molecular weight excluding hydrogens is 108 g/mol. The van der Waals surface area contributed by atoms with Crippen LogP contribution in [0.15, 0.2) is 11.8 Å². The number of rotatable bonds is 2. The van der Waals surface area contributed by atoms with E-state index in [-0.39, 0.29) is 6.61 Å². The molecule has 8 heavy (non-hydrogen) atoms. The van der Waals surface area contributed by atoms with E-state index < -0.39 is 0 Å². The van der Waals surface area contributed by atoms with Crippen LogP contribution in [0.3, 0.4) is 0 Å². The molecule has 0 bridgehead atoms. The van der Waals surface area contributed by atoms with Gasteiger partial charge in [-0.2, -0.15) is 4.89 Å². The minimum atomic E-state index is 0.165. The molecular formula is C5H8O3. The molecule has 1 aliphatic rings. The van der Waals surface area contributed by atoms with Crippen molar-refractivity contribution in [1.29, 1.82) is 0 Å². The topological polar surface area (TPSA) is 38.7 Å². The standard InChI is InChI=1S/C5H8O3/c6-2-1-5-3-7-8-4-5/h3,6H,1-2,4H2. The molecule has 0 atom stereocenters. The van der Waals surface area contributed by atoms with Crippen molar-refractivity contribution in [3.63, 3.8) is 0 Å². The highest BCUT2D eigenvalue weighted by Crippen LogP contribution is 2.08. The van der Waals surface area contributed by atoms with E-state index in [9.17, 15) is 0 Å². The van der Waals surface area contributed by atoms with E-state index in [1.165, 1.54) is 6.26 Å². The Morgan fingerprint density at radius 2 is 2.62 bits per heavy atom. The molecule has 1 aliphatic heterocycles. The van der Waals surface area contributed by atoms with Gasteiger partial charge in [0.15, 0.2) is 0 Å². The van der Waals surface area contributed by atoms with Crippen molar-refractivity contribution in [1.82, 2.24) is 0 Å². The summed E-state index contributed by atoms with van der Waals surface area (Å²) in [7, 11) is 0. The molecule has 0 aromatic rings. The van der Waals surface area contributed by atoms with Crippen LogP contribution >= 0.6 is 0 Å². The molecule has 3 heteroatoms. The van der Waals surface area contributed by atoms with Crippen LogP contribution < -0.4 is 0 Å². The van der Waals surface area contributed by atoms with Crippen LogP contribution in [-0.2, 0) is 9.78 Å².